The summed E-state index contributed by atoms with van der Waals surface area (Å²) in [6, 6.07) is 12.7. The second-order valence-electron chi connectivity index (χ2n) is 9.77. The molecule has 0 saturated carbocycles. The average molecular weight is 573 g/mol. The summed E-state index contributed by atoms with van der Waals surface area (Å²) in [5.74, 6) is 0.0272. The summed E-state index contributed by atoms with van der Waals surface area (Å²) in [6.45, 7) is 5.15. The van der Waals surface area contributed by atoms with Gasteiger partial charge >= 0.3 is 6.18 Å². The molecule has 0 amide bonds. The van der Waals surface area contributed by atoms with E-state index in [1.165, 1.54) is 23.1 Å². The summed E-state index contributed by atoms with van der Waals surface area (Å²) in [4.78, 5) is 10.7. The van der Waals surface area contributed by atoms with Crippen LogP contribution >= 0.6 is 0 Å². The number of aromatic nitrogens is 4. The first-order chi connectivity index (χ1) is 18.9. The van der Waals surface area contributed by atoms with Crippen LogP contribution in [0.15, 0.2) is 65.8 Å². The Bertz CT molecular complexity index is 1630. The predicted molar refractivity (Wildman–Crippen MR) is 142 cm³/mol. The van der Waals surface area contributed by atoms with Gasteiger partial charge in [-0.1, -0.05) is 36.4 Å². The monoisotopic (exact) mass is 572 g/mol. The molecule has 2 aromatic carbocycles. The Kier molecular flexibility index (Phi) is 7.27. The molecular formula is C27H27F3N6O3S. The molecule has 0 atom stereocenters. The van der Waals surface area contributed by atoms with Crippen molar-refractivity contribution in [2.24, 2.45) is 7.05 Å². The minimum atomic E-state index is -4.40. The highest BCUT2D eigenvalue weighted by Crippen LogP contribution is 2.32. The van der Waals surface area contributed by atoms with Crippen LogP contribution in [-0.2, 0) is 29.8 Å². The van der Waals surface area contributed by atoms with Gasteiger partial charge in [0.25, 0.3) is 10.0 Å². The van der Waals surface area contributed by atoms with Crippen LogP contribution in [0.25, 0.3) is 11.3 Å². The first-order valence-corrected chi connectivity index (χ1v) is 13.9. The van der Waals surface area contributed by atoms with Gasteiger partial charge in [0.05, 0.1) is 17.5 Å². The van der Waals surface area contributed by atoms with E-state index in [1.807, 2.05) is 36.9 Å². The maximum atomic E-state index is 13.1. The summed E-state index contributed by atoms with van der Waals surface area (Å²) >= 11 is 0. The van der Waals surface area contributed by atoms with Crippen molar-refractivity contribution >= 4 is 16.0 Å². The fourth-order valence-corrected chi connectivity index (χ4v) is 5.52. The van der Waals surface area contributed by atoms with Gasteiger partial charge in [-0.3, -0.25) is 9.58 Å². The lowest BCUT2D eigenvalue weighted by atomic mass is 10.00. The van der Waals surface area contributed by atoms with Crippen LogP contribution < -0.4 is 9.46 Å². The smallest absolute Gasteiger partial charge is 0.416 e. The van der Waals surface area contributed by atoms with Crippen LogP contribution in [0, 0.1) is 13.8 Å². The number of alkyl halides is 3. The van der Waals surface area contributed by atoms with Gasteiger partial charge in [-0.05, 0) is 36.6 Å². The molecule has 1 aliphatic heterocycles. The van der Waals surface area contributed by atoms with Gasteiger partial charge < -0.3 is 4.74 Å². The molecule has 0 bridgehead atoms. The molecule has 1 saturated heterocycles. The van der Waals surface area contributed by atoms with E-state index >= 15 is 0 Å². The van der Waals surface area contributed by atoms with Gasteiger partial charge in [-0.2, -0.15) is 23.3 Å². The number of likely N-dealkylation sites (tertiary alicyclic amines) is 1. The summed E-state index contributed by atoms with van der Waals surface area (Å²) in [6.07, 6.45) is -2.09. The van der Waals surface area contributed by atoms with E-state index in [1.54, 1.807) is 19.2 Å². The predicted octanol–water partition coefficient (Wildman–Crippen LogP) is 4.58. The molecular weight excluding hydrogens is 545 g/mol. The molecule has 3 heterocycles. The van der Waals surface area contributed by atoms with Crippen LogP contribution in [0.2, 0.25) is 0 Å². The van der Waals surface area contributed by atoms with Crippen LogP contribution in [-0.4, -0.2) is 52.3 Å². The molecule has 9 nitrogen and oxygen atoms in total. The number of ether oxygens (including phenoxy) is 1. The molecule has 1 fully saturated rings. The molecule has 4 aromatic rings. The summed E-state index contributed by atoms with van der Waals surface area (Å²) in [5.41, 5.74) is 3.09. The zero-order chi connectivity index (χ0) is 28.7. The number of nitrogens with zero attached hydrogens (tertiary/aromatic N) is 5. The fraction of sp³-hybridized carbons (Fsp3) is 0.296. The largest absolute Gasteiger partial charge is 0.471 e. The Morgan fingerprint density at radius 3 is 2.40 bits per heavy atom. The summed E-state index contributed by atoms with van der Waals surface area (Å²) < 4.78 is 74.9. The van der Waals surface area contributed by atoms with Gasteiger partial charge in [-0.25, -0.2) is 18.1 Å². The van der Waals surface area contributed by atoms with Gasteiger partial charge in [0, 0.05) is 44.5 Å². The minimum absolute atomic E-state index is 0.0391. The quantitative estimate of drug-likeness (QED) is 0.330. The molecule has 210 valence electrons. The number of rotatable bonds is 8. The van der Waals surface area contributed by atoms with Crippen molar-refractivity contribution in [3.63, 3.8) is 0 Å². The number of benzene rings is 2. The Labute approximate surface area is 229 Å². The number of anilines is 1. The van der Waals surface area contributed by atoms with Gasteiger partial charge in [0.15, 0.2) is 0 Å². The Hall–Kier alpha value is -3.97. The number of hydrogen-bond donors (Lipinski definition) is 1. The van der Waals surface area contributed by atoms with Gasteiger partial charge in [0.1, 0.15) is 11.0 Å². The van der Waals surface area contributed by atoms with Crippen molar-refractivity contribution in [3.8, 4) is 17.1 Å². The van der Waals surface area contributed by atoms with Crippen molar-refractivity contribution in [2.45, 2.75) is 37.6 Å². The molecule has 2 aromatic heterocycles. The number of aryl methyl sites for hydroxylation is 3. The van der Waals surface area contributed by atoms with E-state index < -0.39 is 21.8 Å². The molecule has 0 unspecified atom stereocenters. The minimum Gasteiger partial charge on any atom is -0.471 e. The molecule has 0 radical (unpaired) electrons. The standard InChI is InChI=1S/C27H27F3N6O3S/c1-17-6-4-7-18(2)25(17)23-11-24(33-26(32-23)34-40(37,38)22-12-31-35(3)16-22)39-21-14-36(15-21)13-19-8-5-9-20(10-19)27(28,29)30/h4-12,16,21H,13-15H2,1-3H3,(H,32,33,34). The number of nitrogens with one attached hydrogen (secondary N) is 1. The first kappa shape index (κ1) is 27.6. The normalized spacial score (nSPS) is 14.7. The Morgan fingerprint density at radius 1 is 1.05 bits per heavy atom. The third-order valence-electron chi connectivity index (χ3n) is 6.53. The zero-order valence-electron chi connectivity index (χ0n) is 22.0. The lowest BCUT2D eigenvalue weighted by Crippen LogP contribution is -2.53. The van der Waals surface area contributed by atoms with Crippen molar-refractivity contribution in [1.29, 1.82) is 0 Å². The van der Waals surface area contributed by atoms with Gasteiger partial charge in [0.2, 0.25) is 11.8 Å². The fourth-order valence-electron chi connectivity index (χ4n) is 4.60. The second-order valence-corrected chi connectivity index (χ2v) is 11.5. The van der Waals surface area contributed by atoms with E-state index in [-0.39, 0.29) is 22.8 Å². The molecule has 13 heteroatoms. The third-order valence-corrected chi connectivity index (χ3v) is 7.81. The van der Waals surface area contributed by atoms with Crippen molar-refractivity contribution < 1.29 is 26.3 Å². The first-order valence-electron chi connectivity index (χ1n) is 12.4. The third kappa shape index (κ3) is 6.10. The zero-order valence-corrected chi connectivity index (χ0v) is 22.8. The van der Waals surface area contributed by atoms with Crippen molar-refractivity contribution in [2.75, 3.05) is 17.8 Å². The van der Waals surface area contributed by atoms with Crippen LogP contribution in [0.1, 0.15) is 22.3 Å². The summed E-state index contributed by atoms with van der Waals surface area (Å²) in [5, 5.41) is 3.91. The lowest BCUT2D eigenvalue weighted by molar-refractivity contribution is -0.137. The number of hydrogen-bond acceptors (Lipinski definition) is 7. The molecule has 1 N–H and O–H groups in total. The maximum absolute atomic E-state index is 13.1. The molecule has 0 aliphatic carbocycles. The van der Waals surface area contributed by atoms with E-state index in [2.05, 4.69) is 19.8 Å². The molecule has 1 aliphatic rings. The SMILES string of the molecule is Cc1cccc(C)c1-c1cc(OC2CN(Cc3cccc(C(F)(F)F)c3)C2)nc(NS(=O)(=O)c2cnn(C)c2)n1. The lowest BCUT2D eigenvalue weighted by Gasteiger charge is -2.38. The maximum Gasteiger partial charge on any atom is 0.416 e. The molecule has 40 heavy (non-hydrogen) atoms. The van der Waals surface area contributed by atoms with Crippen LogP contribution in [0.3, 0.4) is 0 Å². The highest BCUT2D eigenvalue weighted by Gasteiger charge is 2.32. The summed E-state index contributed by atoms with van der Waals surface area (Å²) in [7, 11) is -2.40. The van der Waals surface area contributed by atoms with Crippen LogP contribution in [0.5, 0.6) is 5.88 Å². The Balaban J connectivity index is 1.36. The van der Waals surface area contributed by atoms with E-state index in [4.69, 9.17) is 4.74 Å². The highest BCUT2D eigenvalue weighted by molar-refractivity contribution is 7.92. The molecule has 5 rings (SSSR count). The van der Waals surface area contributed by atoms with E-state index in [9.17, 15) is 21.6 Å². The van der Waals surface area contributed by atoms with E-state index in [0.29, 0.717) is 30.9 Å². The van der Waals surface area contributed by atoms with Gasteiger partial charge in [-0.15, -0.1) is 0 Å². The van der Waals surface area contributed by atoms with Crippen molar-refractivity contribution in [3.05, 3.63) is 83.2 Å². The number of halogens is 3. The second kappa shape index (κ2) is 10.5. The topological polar surface area (TPSA) is 102 Å². The highest BCUT2D eigenvalue weighted by atomic mass is 32.2. The van der Waals surface area contributed by atoms with Crippen LogP contribution in [0.4, 0.5) is 19.1 Å². The van der Waals surface area contributed by atoms with Crippen molar-refractivity contribution in [1.82, 2.24) is 24.6 Å². The Morgan fingerprint density at radius 2 is 1.75 bits per heavy atom. The average Bonchev–Trinajstić information content (AvgIpc) is 3.29. The van der Waals surface area contributed by atoms with E-state index in [0.717, 1.165) is 28.8 Å². The number of sulfonamides is 1. The molecule has 0 spiro atoms.